The predicted octanol–water partition coefficient (Wildman–Crippen LogP) is 1.50. The topological polar surface area (TPSA) is 45.4 Å². The summed E-state index contributed by atoms with van der Waals surface area (Å²) in [4.78, 5) is 9.09. The molecule has 2 N–H and O–H groups in total. The summed E-state index contributed by atoms with van der Waals surface area (Å²) in [5.74, 6) is 0. The van der Waals surface area contributed by atoms with Gasteiger partial charge in [0.05, 0.1) is 6.04 Å². The molecule has 1 saturated heterocycles. The lowest BCUT2D eigenvalue weighted by atomic mass is 9.96. The van der Waals surface area contributed by atoms with Crippen LogP contribution in [0.1, 0.15) is 31.4 Å². The molecule has 0 aromatic carbocycles. The molecule has 2 unspecified atom stereocenters. The van der Waals surface area contributed by atoms with E-state index in [4.69, 9.17) is 5.73 Å². The van der Waals surface area contributed by atoms with Gasteiger partial charge >= 0.3 is 0 Å². The maximum absolute atomic E-state index is 6.21. The molecule has 2 heterocycles. The fraction of sp³-hybridized carbons (Fsp3) is 0.667. The van der Waals surface area contributed by atoms with E-state index < -0.39 is 0 Å². The monoisotopic (exact) mass is 262 g/mol. The molecule has 0 amide bonds. The molecular weight excluding hydrogens is 236 g/mol. The van der Waals surface area contributed by atoms with Crippen LogP contribution in [0.25, 0.3) is 0 Å². The van der Waals surface area contributed by atoms with Gasteiger partial charge < -0.3 is 10.6 Å². The predicted molar refractivity (Wildman–Crippen MR) is 78.9 cm³/mol. The normalized spacial score (nSPS) is 21.5. The van der Waals surface area contributed by atoms with Crippen LogP contribution in [0, 0.1) is 0 Å². The summed E-state index contributed by atoms with van der Waals surface area (Å²) < 4.78 is 0. The van der Waals surface area contributed by atoms with Gasteiger partial charge in [0.2, 0.25) is 0 Å². The van der Waals surface area contributed by atoms with Crippen LogP contribution in [-0.2, 0) is 0 Å². The fourth-order valence-electron chi connectivity index (χ4n) is 3.08. The van der Waals surface area contributed by atoms with Gasteiger partial charge in [-0.2, -0.15) is 0 Å². The van der Waals surface area contributed by atoms with Gasteiger partial charge in [0.15, 0.2) is 0 Å². The molecule has 2 rings (SSSR count). The molecule has 1 aromatic heterocycles. The number of pyridine rings is 1. The largest absolute Gasteiger partial charge is 0.326 e. The van der Waals surface area contributed by atoms with E-state index in [0.717, 1.165) is 13.1 Å². The Kier molecular flexibility index (Phi) is 4.91. The second-order valence-corrected chi connectivity index (χ2v) is 5.82. The van der Waals surface area contributed by atoms with Gasteiger partial charge in [-0.15, -0.1) is 0 Å². The highest BCUT2D eigenvalue weighted by Crippen LogP contribution is 2.27. The highest BCUT2D eigenvalue weighted by atomic mass is 15.2. The van der Waals surface area contributed by atoms with Crippen molar-refractivity contribution in [3.8, 4) is 0 Å². The Labute approximate surface area is 116 Å². The van der Waals surface area contributed by atoms with Crippen molar-refractivity contribution in [2.75, 3.05) is 27.2 Å². The minimum atomic E-state index is 0.125. The Bertz CT molecular complexity index is 369. The number of hydrogen-bond acceptors (Lipinski definition) is 4. The smallest absolute Gasteiger partial charge is 0.0511 e. The number of nitrogens with two attached hydrogens (primary N) is 1. The first-order chi connectivity index (χ1) is 9.09. The molecule has 1 aromatic rings. The van der Waals surface area contributed by atoms with Crippen LogP contribution in [0.4, 0.5) is 0 Å². The molecule has 4 nitrogen and oxygen atoms in total. The summed E-state index contributed by atoms with van der Waals surface area (Å²) in [6.07, 6.45) is 6.21. The minimum absolute atomic E-state index is 0.125. The zero-order chi connectivity index (χ0) is 13.8. The van der Waals surface area contributed by atoms with Crippen molar-refractivity contribution < 1.29 is 0 Å². The standard InChI is InChI=1S/C15H26N4/c1-12(16)15(13-5-4-8-17-11-13)19-9-6-14(7-10-19)18(2)3/h4-5,8,11-12,14-15H,6-7,9-10,16H2,1-3H3. The van der Waals surface area contributed by atoms with Gasteiger partial charge in [0.25, 0.3) is 0 Å². The molecule has 0 aliphatic carbocycles. The first-order valence-corrected chi connectivity index (χ1v) is 7.15. The summed E-state index contributed by atoms with van der Waals surface area (Å²) in [6, 6.07) is 5.26. The van der Waals surface area contributed by atoms with Crippen LogP contribution in [0.2, 0.25) is 0 Å². The lowest BCUT2D eigenvalue weighted by molar-refractivity contribution is 0.0981. The van der Waals surface area contributed by atoms with E-state index in [-0.39, 0.29) is 12.1 Å². The average Bonchev–Trinajstić information content (AvgIpc) is 2.40. The molecule has 0 bridgehead atoms. The Balaban J connectivity index is 2.06. The zero-order valence-corrected chi connectivity index (χ0v) is 12.3. The molecule has 2 atom stereocenters. The van der Waals surface area contributed by atoms with E-state index in [2.05, 4.69) is 41.9 Å². The first kappa shape index (κ1) is 14.4. The van der Waals surface area contributed by atoms with Gasteiger partial charge in [0.1, 0.15) is 0 Å². The van der Waals surface area contributed by atoms with Crippen molar-refractivity contribution in [1.82, 2.24) is 14.8 Å². The number of rotatable bonds is 4. The summed E-state index contributed by atoms with van der Waals surface area (Å²) in [5, 5.41) is 0. The molecule has 106 valence electrons. The Morgan fingerprint density at radius 2 is 2.05 bits per heavy atom. The zero-order valence-electron chi connectivity index (χ0n) is 12.3. The lowest BCUT2D eigenvalue weighted by Gasteiger charge is -2.41. The number of nitrogens with zero attached hydrogens (tertiary/aromatic N) is 3. The van der Waals surface area contributed by atoms with Crippen LogP contribution < -0.4 is 5.73 Å². The molecule has 0 saturated carbocycles. The SMILES string of the molecule is CC(N)C(c1cccnc1)N1CCC(N(C)C)CC1. The molecular formula is C15H26N4. The van der Waals surface area contributed by atoms with E-state index in [0.29, 0.717) is 6.04 Å². The van der Waals surface area contributed by atoms with Gasteiger partial charge in [0, 0.05) is 37.6 Å². The Morgan fingerprint density at radius 1 is 1.37 bits per heavy atom. The van der Waals surface area contributed by atoms with Crippen molar-refractivity contribution in [3.63, 3.8) is 0 Å². The highest BCUT2D eigenvalue weighted by molar-refractivity contribution is 5.16. The fourth-order valence-corrected chi connectivity index (χ4v) is 3.08. The summed E-state index contributed by atoms with van der Waals surface area (Å²) in [6.45, 7) is 4.32. The van der Waals surface area contributed by atoms with E-state index >= 15 is 0 Å². The maximum Gasteiger partial charge on any atom is 0.0511 e. The summed E-state index contributed by atoms with van der Waals surface area (Å²) >= 11 is 0. The molecule has 1 aliphatic rings. The van der Waals surface area contributed by atoms with E-state index in [1.807, 2.05) is 18.5 Å². The van der Waals surface area contributed by atoms with Gasteiger partial charge in [-0.1, -0.05) is 6.07 Å². The van der Waals surface area contributed by atoms with Crippen LogP contribution in [0.5, 0.6) is 0 Å². The summed E-state index contributed by atoms with van der Waals surface area (Å²) in [5.41, 5.74) is 7.45. The molecule has 19 heavy (non-hydrogen) atoms. The van der Waals surface area contributed by atoms with Crippen molar-refractivity contribution in [1.29, 1.82) is 0 Å². The highest BCUT2D eigenvalue weighted by Gasteiger charge is 2.29. The third-order valence-electron chi connectivity index (χ3n) is 4.15. The molecule has 4 heteroatoms. The number of hydrogen-bond donors (Lipinski definition) is 1. The maximum atomic E-state index is 6.21. The van der Waals surface area contributed by atoms with Crippen LogP contribution in [-0.4, -0.2) is 54.1 Å². The van der Waals surface area contributed by atoms with Crippen LogP contribution >= 0.6 is 0 Å². The van der Waals surface area contributed by atoms with Crippen molar-refractivity contribution in [3.05, 3.63) is 30.1 Å². The number of likely N-dealkylation sites (tertiary alicyclic amines) is 1. The second-order valence-electron chi connectivity index (χ2n) is 5.82. The third kappa shape index (κ3) is 3.53. The van der Waals surface area contributed by atoms with E-state index in [9.17, 15) is 0 Å². The van der Waals surface area contributed by atoms with E-state index in [1.54, 1.807) is 0 Å². The number of piperidine rings is 1. The molecule has 0 spiro atoms. The van der Waals surface area contributed by atoms with Gasteiger partial charge in [-0.25, -0.2) is 0 Å². The quantitative estimate of drug-likeness (QED) is 0.893. The van der Waals surface area contributed by atoms with Crippen molar-refractivity contribution >= 4 is 0 Å². The van der Waals surface area contributed by atoms with Crippen molar-refractivity contribution in [2.45, 2.75) is 37.9 Å². The van der Waals surface area contributed by atoms with Gasteiger partial charge in [-0.05, 0) is 45.5 Å². The average molecular weight is 262 g/mol. The molecule has 0 radical (unpaired) electrons. The summed E-state index contributed by atoms with van der Waals surface area (Å²) in [7, 11) is 4.34. The Morgan fingerprint density at radius 3 is 2.53 bits per heavy atom. The lowest BCUT2D eigenvalue weighted by Crippen LogP contribution is -2.47. The molecule has 1 fully saturated rings. The van der Waals surface area contributed by atoms with Crippen LogP contribution in [0.15, 0.2) is 24.5 Å². The van der Waals surface area contributed by atoms with E-state index in [1.165, 1.54) is 18.4 Å². The Hall–Kier alpha value is -0.970. The van der Waals surface area contributed by atoms with Crippen molar-refractivity contribution in [2.24, 2.45) is 5.73 Å². The first-order valence-electron chi connectivity index (χ1n) is 7.15. The van der Waals surface area contributed by atoms with Crippen LogP contribution in [0.3, 0.4) is 0 Å². The van der Waals surface area contributed by atoms with Gasteiger partial charge in [-0.3, -0.25) is 9.88 Å². The minimum Gasteiger partial charge on any atom is -0.326 e. The third-order valence-corrected chi connectivity index (χ3v) is 4.15. The number of aromatic nitrogens is 1. The molecule has 1 aliphatic heterocycles. The second kappa shape index (κ2) is 6.46.